The molecule has 1 aromatic carbocycles. The van der Waals surface area contributed by atoms with E-state index in [0.29, 0.717) is 12.3 Å². The van der Waals surface area contributed by atoms with Gasteiger partial charge in [-0.1, -0.05) is 5.16 Å². The molecule has 0 radical (unpaired) electrons. The number of aromatic nitrogens is 1. The summed E-state index contributed by atoms with van der Waals surface area (Å²) in [4.78, 5) is 4.21. The van der Waals surface area contributed by atoms with E-state index in [1.165, 1.54) is 17.6 Å². The Labute approximate surface area is 108 Å². The van der Waals surface area contributed by atoms with Gasteiger partial charge in [-0.25, -0.2) is 4.98 Å². The predicted molar refractivity (Wildman–Crippen MR) is 68.8 cm³/mol. The third-order valence-corrected chi connectivity index (χ3v) is 3.02. The van der Waals surface area contributed by atoms with Gasteiger partial charge in [0.15, 0.2) is 0 Å². The van der Waals surface area contributed by atoms with Crippen molar-refractivity contribution >= 4 is 17.6 Å². The zero-order valence-corrected chi connectivity index (χ0v) is 10.6. The summed E-state index contributed by atoms with van der Waals surface area (Å²) >= 11 is 1.45. The molecule has 0 aliphatic rings. The van der Waals surface area contributed by atoms with Crippen LogP contribution in [0.4, 0.5) is 0 Å². The summed E-state index contributed by atoms with van der Waals surface area (Å²) in [6.45, 7) is 0.385. The van der Waals surface area contributed by atoms with E-state index in [1.807, 2.05) is 24.3 Å². The number of ether oxygens (including phenoxy) is 2. The van der Waals surface area contributed by atoms with E-state index in [2.05, 4.69) is 10.1 Å². The molecule has 0 spiro atoms. The van der Waals surface area contributed by atoms with Crippen LogP contribution in [0.5, 0.6) is 11.5 Å². The Balaban J connectivity index is 1.93. The number of thiazole rings is 1. The lowest BCUT2D eigenvalue weighted by atomic mass is 10.3. The Bertz CT molecular complexity index is 522. The topological polar surface area (TPSA) is 63.9 Å². The molecule has 1 aromatic heterocycles. The van der Waals surface area contributed by atoms with Gasteiger partial charge in [-0.3, -0.25) is 0 Å². The van der Waals surface area contributed by atoms with Crippen molar-refractivity contribution in [1.29, 1.82) is 0 Å². The molecule has 0 bridgehead atoms. The van der Waals surface area contributed by atoms with Crippen LogP contribution < -0.4 is 9.47 Å². The Kier molecular flexibility index (Phi) is 4.14. The Hall–Kier alpha value is -2.08. The maximum Gasteiger partial charge on any atom is 0.140 e. The van der Waals surface area contributed by atoms with Crippen LogP contribution in [0, 0.1) is 0 Å². The highest BCUT2D eigenvalue weighted by Crippen LogP contribution is 2.19. The van der Waals surface area contributed by atoms with Crippen molar-refractivity contribution in [2.24, 2.45) is 5.16 Å². The van der Waals surface area contributed by atoms with Crippen LogP contribution in [0.3, 0.4) is 0 Å². The maximum absolute atomic E-state index is 8.38. The second-order valence-corrected chi connectivity index (χ2v) is 4.32. The van der Waals surface area contributed by atoms with E-state index in [4.69, 9.17) is 14.7 Å². The fourth-order valence-electron chi connectivity index (χ4n) is 1.33. The fourth-order valence-corrected chi connectivity index (χ4v) is 1.98. The van der Waals surface area contributed by atoms with Gasteiger partial charge < -0.3 is 14.7 Å². The van der Waals surface area contributed by atoms with Crippen LogP contribution in [0.15, 0.2) is 34.8 Å². The monoisotopic (exact) mass is 264 g/mol. The molecule has 0 saturated carbocycles. The van der Waals surface area contributed by atoms with Crippen molar-refractivity contribution < 1.29 is 14.7 Å². The van der Waals surface area contributed by atoms with Crippen molar-refractivity contribution in [3.05, 3.63) is 40.3 Å². The normalized spacial score (nSPS) is 10.7. The maximum atomic E-state index is 8.38. The first kappa shape index (κ1) is 12.4. The van der Waals surface area contributed by atoms with E-state index >= 15 is 0 Å². The number of rotatable bonds is 5. The van der Waals surface area contributed by atoms with Crippen LogP contribution in [-0.4, -0.2) is 23.5 Å². The SMILES string of the molecule is COc1ccc(OCc2nc(/C=N/O)cs2)cc1. The van der Waals surface area contributed by atoms with Crippen LogP contribution >= 0.6 is 11.3 Å². The molecule has 0 fully saturated rings. The summed E-state index contributed by atoms with van der Waals surface area (Å²) in [6.07, 6.45) is 1.29. The molecule has 2 rings (SSSR count). The third-order valence-electron chi connectivity index (χ3n) is 2.18. The van der Waals surface area contributed by atoms with Crippen LogP contribution in [-0.2, 0) is 6.61 Å². The van der Waals surface area contributed by atoms with Crippen molar-refractivity contribution in [3.63, 3.8) is 0 Å². The van der Waals surface area contributed by atoms with Gasteiger partial charge in [-0.05, 0) is 24.3 Å². The van der Waals surface area contributed by atoms with Crippen LogP contribution in [0.1, 0.15) is 10.7 Å². The number of hydrogen-bond acceptors (Lipinski definition) is 6. The highest BCUT2D eigenvalue weighted by atomic mass is 32.1. The zero-order chi connectivity index (χ0) is 12.8. The molecule has 0 atom stereocenters. The van der Waals surface area contributed by atoms with Gasteiger partial charge >= 0.3 is 0 Å². The largest absolute Gasteiger partial charge is 0.497 e. The quantitative estimate of drug-likeness (QED) is 0.512. The van der Waals surface area contributed by atoms with E-state index in [1.54, 1.807) is 12.5 Å². The Morgan fingerprint density at radius 2 is 2.06 bits per heavy atom. The average Bonchev–Trinajstić information content (AvgIpc) is 2.85. The third kappa shape index (κ3) is 3.21. The van der Waals surface area contributed by atoms with Crippen molar-refractivity contribution in [2.75, 3.05) is 7.11 Å². The van der Waals surface area contributed by atoms with Gasteiger partial charge in [0.1, 0.15) is 23.1 Å². The first-order valence-corrected chi connectivity index (χ1v) is 6.08. The second-order valence-electron chi connectivity index (χ2n) is 3.37. The summed E-state index contributed by atoms with van der Waals surface area (Å²) in [6, 6.07) is 7.34. The first-order chi connectivity index (χ1) is 8.81. The van der Waals surface area contributed by atoms with Gasteiger partial charge in [0, 0.05) is 5.38 Å². The van der Waals surface area contributed by atoms with Gasteiger partial charge in [-0.2, -0.15) is 0 Å². The lowest BCUT2D eigenvalue weighted by Crippen LogP contribution is -1.95. The van der Waals surface area contributed by atoms with Gasteiger partial charge in [0.05, 0.1) is 19.0 Å². The number of nitrogens with zero attached hydrogens (tertiary/aromatic N) is 2. The van der Waals surface area contributed by atoms with E-state index < -0.39 is 0 Å². The molecule has 1 N–H and O–H groups in total. The van der Waals surface area contributed by atoms with Crippen molar-refractivity contribution in [2.45, 2.75) is 6.61 Å². The highest BCUT2D eigenvalue weighted by molar-refractivity contribution is 7.09. The number of methoxy groups -OCH3 is 1. The number of oxime groups is 1. The van der Waals surface area contributed by atoms with Crippen molar-refractivity contribution in [1.82, 2.24) is 4.98 Å². The van der Waals surface area contributed by atoms with E-state index in [0.717, 1.165) is 16.5 Å². The highest BCUT2D eigenvalue weighted by Gasteiger charge is 2.02. The molecular formula is C12H12N2O3S. The van der Waals surface area contributed by atoms with Crippen LogP contribution in [0.2, 0.25) is 0 Å². The minimum Gasteiger partial charge on any atom is -0.497 e. The molecule has 5 nitrogen and oxygen atoms in total. The molecule has 0 unspecified atom stereocenters. The summed E-state index contributed by atoms with van der Waals surface area (Å²) in [5.41, 5.74) is 0.621. The molecule has 18 heavy (non-hydrogen) atoms. The minimum absolute atomic E-state index is 0.385. The Morgan fingerprint density at radius 3 is 2.72 bits per heavy atom. The molecule has 0 aliphatic carbocycles. The molecule has 0 amide bonds. The molecule has 94 valence electrons. The zero-order valence-electron chi connectivity index (χ0n) is 9.74. The van der Waals surface area contributed by atoms with E-state index in [-0.39, 0.29) is 0 Å². The summed E-state index contributed by atoms with van der Waals surface area (Å²) in [7, 11) is 1.62. The van der Waals surface area contributed by atoms with Gasteiger partial charge in [0.25, 0.3) is 0 Å². The molecule has 2 aromatic rings. The molecule has 1 heterocycles. The van der Waals surface area contributed by atoms with Crippen molar-refractivity contribution in [3.8, 4) is 11.5 Å². The lowest BCUT2D eigenvalue weighted by molar-refractivity contribution is 0.304. The van der Waals surface area contributed by atoms with Gasteiger partial charge in [0.2, 0.25) is 0 Å². The summed E-state index contributed by atoms with van der Waals surface area (Å²) in [5, 5.41) is 13.9. The lowest BCUT2D eigenvalue weighted by Gasteiger charge is -2.04. The standard InChI is InChI=1S/C12H12N2O3S/c1-16-10-2-4-11(5-3-10)17-7-12-14-9(6-13-15)8-18-12/h2-6,8,15H,7H2,1H3/b13-6+. The average molecular weight is 264 g/mol. The van der Waals surface area contributed by atoms with Crippen LogP contribution in [0.25, 0.3) is 0 Å². The summed E-state index contributed by atoms with van der Waals surface area (Å²) in [5.74, 6) is 1.54. The van der Waals surface area contributed by atoms with E-state index in [9.17, 15) is 0 Å². The molecular weight excluding hydrogens is 252 g/mol. The first-order valence-electron chi connectivity index (χ1n) is 5.20. The fraction of sp³-hybridized carbons (Fsp3) is 0.167. The minimum atomic E-state index is 0.385. The molecule has 0 aliphatic heterocycles. The molecule has 0 saturated heterocycles. The Morgan fingerprint density at radius 1 is 1.33 bits per heavy atom. The number of benzene rings is 1. The predicted octanol–water partition coefficient (Wildman–Crippen LogP) is 2.54. The molecule has 6 heteroatoms. The number of hydrogen-bond donors (Lipinski definition) is 1. The smallest absolute Gasteiger partial charge is 0.140 e. The van der Waals surface area contributed by atoms with Gasteiger partial charge in [-0.15, -0.1) is 11.3 Å². The summed E-state index contributed by atoms with van der Waals surface area (Å²) < 4.78 is 10.6. The second kappa shape index (κ2) is 6.02.